The second-order valence-electron chi connectivity index (χ2n) is 7.77. The molecule has 1 amide bonds. The number of piperidine rings is 1. The highest BCUT2D eigenvalue weighted by Crippen LogP contribution is 2.62. The fraction of sp³-hybridized carbons (Fsp3) is 0.938. The summed E-state index contributed by atoms with van der Waals surface area (Å²) < 4.78 is 6.03. The molecule has 4 rings (SSSR count). The first-order chi connectivity index (χ1) is 9.03. The van der Waals surface area contributed by atoms with Gasteiger partial charge in [0.25, 0.3) is 0 Å². The number of rotatable bonds is 5. The third-order valence-electron chi connectivity index (χ3n) is 6.24. The Bertz CT molecular complexity index is 395. The van der Waals surface area contributed by atoms with Crippen LogP contribution >= 0.6 is 0 Å². The summed E-state index contributed by atoms with van der Waals surface area (Å²) in [6.45, 7) is 7.29. The third kappa shape index (κ3) is 1.93. The summed E-state index contributed by atoms with van der Waals surface area (Å²) >= 11 is 0. The van der Waals surface area contributed by atoms with Crippen molar-refractivity contribution < 1.29 is 9.53 Å². The van der Waals surface area contributed by atoms with Crippen molar-refractivity contribution in [1.29, 1.82) is 0 Å². The summed E-state index contributed by atoms with van der Waals surface area (Å²) in [6, 6.07) is 0. The zero-order chi connectivity index (χ0) is 13.3. The molecule has 3 heteroatoms. The van der Waals surface area contributed by atoms with Crippen LogP contribution in [0.1, 0.15) is 46.0 Å². The standard InChI is InChI=1S/C16H25NO2/c1-15(2)12-9-17(10-13(12)15)14(18)5-8-19-16(6-7-16)11-3-4-11/h11-13H,3-10H2,1-2H3. The first kappa shape index (κ1) is 12.2. The highest BCUT2D eigenvalue weighted by atomic mass is 16.5. The van der Waals surface area contributed by atoms with E-state index < -0.39 is 0 Å². The predicted octanol–water partition coefficient (Wildman–Crippen LogP) is 2.45. The van der Waals surface area contributed by atoms with Gasteiger partial charge >= 0.3 is 0 Å². The van der Waals surface area contributed by atoms with Gasteiger partial charge in [-0.2, -0.15) is 0 Å². The molecular formula is C16H25NO2. The normalized spacial score (nSPS) is 37.1. The molecule has 1 saturated heterocycles. The van der Waals surface area contributed by atoms with E-state index in [1.807, 2.05) is 0 Å². The lowest BCUT2D eigenvalue weighted by Gasteiger charge is -2.23. The van der Waals surface area contributed by atoms with Gasteiger partial charge in [-0.1, -0.05) is 13.8 Å². The Hall–Kier alpha value is -0.570. The summed E-state index contributed by atoms with van der Waals surface area (Å²) in [4.78, 5) is 14.2. The van der Waals surface area contributed by atoms with Gasteiger partial charge in [-0.3, -0.25) is 4.79 Å². The van der Waals surface area contributed by atoms with Crippen LogP contribution in [-0.4, -0.2) is 36.1 Å². The van der Waals surface area contributed by atoms with Crippen LogP contribution < -0.4 is 0 Å². The van der Waals surface area contributed by atoms with Crippen LogP contribution in [0.15, 0.2) is 0 Å². The highest BCUT2D eigenvalue weighted by Gasteiger charge is 2.62. The average Bonchev–Trinajstić information content (AvgIpc) is 3.27. The van der Waals surface area contributed by atoms with Crippen molar-refractivity contribution in [2.45, 2.75) is 51.6 Å². The summed E-state index contributed by atoms with van der Waals surface area (Å²) in [5.41, 5.74) is 0.715. The first-order valence-electron chi connectivity index (χ1n) is 7.95. The minimum Gasteiger partial charge on any atom is -0.374 e. The van der Waals surface area contributed by atoms with Crippen LogP contribution in [0.25, 0.3) is 0 Å². The number of ether oxygens (including phenoxy) is 1. The van der Waals surface area contributed by atoms with Crippen molar-refractivity contribution in [3.63, 3.8) is 0 Å². The van der Waals surface area contributed by atoms with Crippen LogP contribution in [0.5, 0.6) is 0 Å². The van der Waals surface area contributed by atoms with Gasteiger partial charge in [-0.05, 0) is 48.9 Å². The van der Waals surface area contributed by atoms with E-state index in [2.05, 4.69) is 18.7 Å². The predicted molar refractivity (Wildman–Crippen MR) is 72.6 cm³/mol. The second-order valence-corrected chi connectivity index (χ2v) is 7.77. The van der Waals surface area contributed by atoms with Crippen molar-refractivity contribution in [2.24, 2.45) is 23.2 Å². The maximum absolute atomic E-state index is 12.2. The number of hydrogen-bond acceptors (Lipinski definition) is 2. The number of hydrogen-bond donors (Lipinski definition) is 0. The van der Waals surface area contributed by atoms with E-state index in [0.29, 0.717) is 24.3 Å². The largest absolute Gasteiger partial charge is 0.374 e. The fourth-order valence-electron chi connectivity index (χ4n) is 4.24. The zero-order valence-electron chi connectivity index (χ0n) is 12.2. The monoisotopic (exact) mass is 263 g/mol. The zero-order valence-corrected chi connectivity index (χ0v) is 12.2. The molecule has 106 valence electrons. The molecule has 3 aliphatic carbocycles. The number of likely N-dealkylation sites (tertiary alicyclic amines) is 1. The van der Waals surface area contributed by atoms with Gasteiger partial charge < -0.3 is 9.64 Å². The molecule has 19 heavy (non-hydrogen) atoms. The van der Waals surface area contributed by atoms with Crippen molar-refractivity contribution >= 4 is 5.91 Å². The summed E-state index contributed by atoms with van der Waals surface area (Å²) in [5, 5.41) is 0. The van der Waals surface area contributed by atoms with Crippen LogP contribution in [0.2, 0.25) is 0 Å². The molecule has 1 aliphatic heterocycles. The molecule has 2 atom stereocenters. The SMILES string of the molecule is CC1(C)C2CN(C(=O)CCOC3(C4CC4)CC3)CC21. The smallest absolute Gasteiger partial charge is 0.224 e. The van der Waals surface area contributed by atoms with Gasteiger partial charge in [0.2, 0.25) is 5.91 Å². The van der Waals surface area contributed by atoms with Crippen molar-refractivity contribution in [3.8, 4) is 0 Å². The minimum atomic E-state index is 0.218. The van der Waals surface area contributed by atoms with Gasteiger partial charge in [-0.15, -0.1) is 0 Å². The molecule has 0 bridgehead atoms. The molecule has 1 heterocycles. The van der Waals surface area contributed by atoms with Gasteiger partial charge in [0, 0.05) is 13.1 Å². The number of amides is 1. The van der Waals surface area contributed by atoms with E-state index in [0.717, 1.165) is 30.8 Å². The molecular weight excluding hydrogens is 238 g/mol. The molecule has 0 aromatic carbocycles. The van der Waals surface area contributed by atoms with E-state index >= 15 is 0 Å². The van der Waals surface area contributed by atoms with Gasteiger partial charge in [-0.25, -0.2) is 0 Å². The second kappa shape index (κ2) is 3.75. The van der Waals surface area contributed by atoms with Crippen LogP contribution in [0, 0.1) is 23.2 Å². The average molecular weight is 263 g/mol. The van der Waals surface area contributed by atoms with Crippen LogP contribution in [0.4, 0.5) is 0 Å². The van der Waals surface area contributed by atoms with E-state index in [4.69, 9.17) is 4.74 Å². The summed E-state index contributed by atoms with van der Waals surface area (Å²) in [6.07, 6.45) is 5.74. The lowest BCUT2D eigenvalue weighted by atomic mass is 10.1. The number of carbonyl (C=O) groups is 1. The van der Waals surface area contributed by atoms with E-state index in [1.165, 1.54) is 25.7 Å². The quantitative estimate of drug-likeness (QED) is 0.762. The molecule has 2 unspecified atom stereocenters. The molecule has 0 spiro atoms. The Morgan fingerprint density at radius 1 is 1.21 bits per heavy atom. The highest BCUT2D eigenvalue weighted by molar-refractivity contribution is 5.77. The van der Waals surface area contributed by atoms with E-state index in [9.17, 15) is 4.79 Å². The maximum atomic E-state index is 12.2. The summed E-state index contributed by atoms with van der Waals surface area (Å²) in [5.74, 6) is 2.66. The van der Waals surface area contributed by atoms with Crippen molar-refractivity contribution in [3.05, 3.63) is 0 Å². The molecule has 4 aliphatic rings. The Labute approximate surface area is 115 Å². The molecule has 0 aromatic rings. The Balaban J connectivity index is 1.21. The molecule has 0 aromatic heterocycles. The lowest BCUT2D eigenvalue weighted by Crippen LogP contribution is -2.34. The van der Waals surface area contributed by atoms with E-state index in [1.54, 1.807) is 0 Å². The Kier molecular flexibility index (Phi) is 2.41. The molecule has 4 fully saturated rings. The van der Waals surface area contributed by atoms with Gasteiger partial charge in [0.1, 0.15) is 0 Å². The molecule has 0 radical (unpaired) electrons. The van der Waals surface area contributed by atoms with Crippen molar-refractivity contribution in [2.75, 3.05) is 19.7 Å². The summed E-state index contributed by atoms with van der Waals surface area (Å²) in [7, 11) is 0. The Morgan fingerprint density at radius 2 is 1.84 bits per heavy atom. The molecule has 3 nitrogen and oxygen atoms in total. The lowest BCUT2D eigenvalue weighted by molar-refractivity contribution is -0.133. The third-order valence-corrected chi connectivity index (χ3v) is 6.24. The Morgan fingerprint density at radius 3 is 2.37 bits per heavy atom. The van der Waals surface area contributed by atoms with Gasteiger partial charge in [0.05, 0.1) is 18.6 Å². The number of fused-ring (bicyclic) bond motifs is 1. The topological polar surface area (TPSA) is 29.5 Å². The van der Waals surface area contributed by atoms with Crippen molar-refractivity contribution in [1.82, 2.24) is 4.90 Å². The number of carbonyl (C=O) groups excluding carboxylic acids is 1. The van der Waals surface area contributed by atoms with Crippen LogP contribution in [0.3, 0.4) is 0 Å². The van der Waals surface area contributed by atoms with E-state index in [-0.39, 0.29) is 5.60 Å². The van der Waals surface area contributed by atoms with Crippen LogP contribution in [-0.2, 0) is 9.53 Å². The first-order valence-corrected chi connectivity index (χ1v) is 7.95. The molecule has 0 N–H and O–H groups in total. The molecule has 3 saturated carbocycles. The minimum absolute atomic E-state index is 0.218. The number of nitrogens with zero attached hydrogens (tertiary/aromatic N) is 1. The maximum Gasteiger partial charge on any atom is 0.224 e. The van der Waals surface area contributed by atoms with Gasteiger partial charge in [0.15, 0.2) is 0 Å². The fourth-order valence-corrected chi connectivity index (χ4v) is 4.24.